The second-order valence-corrected chi connectivity index (χ2v) is 6.12. The fourth-order valence-corrected chi connectivity index (χ4v) is 2.35. The van der Waals surface area contributed by atoms with E-state index in [4.69, 9.17) is 0 Å². The predicted molar refractivity (Wildman–Crippen MR) is 85.0 cm³/mol. The highest BCUT2D eigenvalue weighted by atomic mass is 127. The van der Waals surface area contributed by atoms with Crippen molar-refractivity contribution in [3.05, 3.63) is 0 Å². The number of halogens is 1. The zero-order chi connectivity index (χ0) is 12.7. The van der Waals surface area contributed by atoms with Gasteiger partial charge in [-0.15, -0.1) is 24.0 Å². The topological polar surface area (TPSA) is 82.6 Å². The van der Waals surface area contributed by atoms with Gasteiger partial charge >= 0.3 is 0 Å². The summed E-state index contributed by atoms with van der Waals surface area (Å²) in [5, 5.41) is 6.41. The van der Waals surface area contributed by atoms with Gasteiger partial charge in [0, 0.05) is 26.2 Å². The molecule has 1 rings (SSSR count). The zero-order valence-electron chi connectivity index (χ0n) is 10.9. The minimum atomic E-state index is -3.10. The summed E-state index contributed by atoms with van der Waals surface area (Å²) in [6.07, 6.45) is 6.05. The Balaban J connectivity index is 0.00000289. The number of rotatable bonds is 5. The fourth-order valence-electron chi connectivity index (χ4n) is 1.88. The van der Waals surface area contributed by atoms with Gasteiger partial charge in [0.2, 0.25) is 10.0 Å². The molecule has 1 saturated carbocycles. The molecule has 108 valence electrons. The second kappa shape index (κ2) is 8.92. The lowest BCUT2D eigenvalue weighted by molar-refractivity contribution is 0.584. The van der Waals surface area contributed by atoms with E-state index < -0.39 is 10.0 Å². The molecule has 1 aliphatic rings. The fraction of sp³-hybridized carbons (Fsp3) is 0.900. The first-order chi connectivity index (χ1) is 8.01. The Bertz CT molecular complexity index is 353. The van der Waals surface area contributed by atoms with Gasteiger partial charge in [-0.2, -0.15) is 0 Å². The average Bonchev–Trinajstić information content (AvgIpc) is 2.73. The Morgan fingerprint density at radius 1 is 1.28 bits per heavy atom. The largest absolute Gasteiger partial charge is 0.355 e. The van der Waals surface area contributed by atoms with Gasteiger partial charge in [-0.3, -0.25) is 4.99 Å². The maximum absolute atomic E-state index is 10.8. The molecule has 0 bridgehead atoms. The van der Waals surface area contributed by atoms with Crippen molar-refractivity contribution in [1.29, 1.82) is 0 Å². The van der Waals surface area contributed by atoms with Gasteiger partial charge in [-0.1, -0.05) is 12.8 Å². The lowest BCUT2D eigenvalue weighted by Crippen LogP contribution is -2.44. The van der Waals surface area contributed by atoms with Crippen molar-refractivity contribution in [1.82, 2.24) is 15.4 Å². The third-order valence-electron chi connectivity index (χ3n) is 2.70. The number of sulfonamides is 1. The number of guanidine groups is 1. The SMILES string of the molecule is CN=C(NCCNS(C)(=O)=O)NC1CCCC1.I. The molecule has 0 spiro atoms. The van der Waals surface area contributed by atoms with Gasteiger partial charge in [0.15, 0.2) is 5.96 Å². The molecule has 18 heavy (non-hydrogen) atoms. The summed E-state index contributed by atoms with van der Waals surface area (Å²) in [6.45, 7) is 0.893. The molecule has 0 heterocycles. The summed E-state index contributed by atoms with van der Waals surface area (Å²) in [6, 6.07) is 0.504. The monoisotopic (exact) mass is 390 g/mol. The minimum absolute atomic E-state index is 0. The highest BCUT2D eigenvalue weighted by Gasteiger charge is 2.15. The van der Waals surface area contributed by atoms with Crippen molar-refractivity contribution in [2.24, 2.45) is 4.99 Å². The molecule has 3 N–H and O–H groups in total. The maximum Gasteiger partial charge on any atom is 0.208 e. The molecule has 0 radical (unpaired) electrons. The van der Waals surface area contributed by atoms with Gasteiger partial charge in [0.05, 0.1) is 6.26 Å². The van der Waals surface area contributed by atoms with Crippen molar-refractivity contribution in [3.63, 3.8) is 0 Å². The molecule has 0 aromatic heterocycles. The van der Waals surface area contributed by atoms with Crippen molar-refractivity contribution in [2.45, 2.75) is 31.7 Å². The Kier molecular flexibility index (Phi) is 8.87. The standard InChI is InChI=1S/C10H22N4O2S.HI/c1-11-10(14-9-5-3-4-6-9)12-7-8-13-17(2,15)16;/h9,13H,3-8H2,1-2H3,(H2,11,12,14);1H. The molecule has 0 saturated heterocycles. The van der Waals surface area contributed by atoms with Crippen molar-refractivity contribution in [2.75, 3.05) is 26.4 Å². The van der Waals surface area contributed by atoms with E-state index in [2.05, 4.69) is 20.3 Å². The van der Waals surface area contributed by atoms with Crippen LogP contribution in [0.15, 0.2) is 4.99 Å². The molecular formula is C10H23IN4O2S. The molecule has 1 fully saturated rings. The summed E-state index contributed by atoms with van der Waals surface area (Å²) < 4.78 is 24.1. The van der Waals surface area contributed by atoms with Crippen LogP contribution in [0, 0.1) is 0 Å². The maximum atomic E-state index is 10.8. The molecule has 0 aromatic carbocycles. The Morgan fingerprint density at radius 2 is 1.89 bits per heavy atom. The smallest absolute Gasteiger partial charge is 0.208 e. The van der Waals surface area contributed by atoms with Crippen LogP contribution in [-0.4, -0.2) is 46.8 Å². The van der Waals surface area contributed by atoms with Gasteiger partial charge in [-0.25, -0.2) is 13.1 Å². The van der Waals surface area contributed by atoms with Crippen molar-refractivity contribution < 1.29 is 8.42 Å². The van der Waals surface area contributed by atoms with Gasteiger partial charge in [-0.05, 0) is 12.8 Å². The highest BCUT2D eigenvalue weighted by Crippen LogP contribution is 2.17. The number of nitrogens with one attached hydrogen (secondary N) is 3. The lowest BCUT2D eigenvalue weighted by atomic mass is 10.2. The quantitative estimate of drug-likeness (QED) is 0.272. The van der Waals surface area contributed by atoms with E-state index in [-0.39, 0.29) is 24.0 Å². The predicted octanol–water partition coefficient (Wildman–Crippen LogP) is 0.261. The third-order valence-corrected chi connectivity index (χ3v) is 3.43. The van der Waals surface area contributed by atoms with Gasteiger partial charge in [0.25, 0.3) is 0 Å². The Hall–Kier alpha value is -0.0900. The van der Waals surface area contributed by atoms with Gasteiger partial charge in [0.1, 0.15) is 0 Å². The molecule has 0 amide bonds. The lowest BCUT2D eigenvalue weighted by Gasteiger charge is -2.16. The van der Waals surface area contributed by atoms with Gasteiger partial charge < -0.3 is 10.6 Å². The number of hydrogen-bond acceptors (Lipinski definition) is 3. The molecule has 0 aliphatic heterocycles. The normalized spacial score (nSPS) is 17.3. The first-order valence-electron chi connectivity index (χ1n) is 5.93. The van der Waals surface area contributed by atoms with Crippen LogP contribution < -0.4 is 15.4 Å². The van der Waals surface area contributed by atoms with Crippen LogP contribution in [0.1, 0.15) is 25.7 Å². The molecule has 1 aliphatic carbocycles. The summed E-state index contributed by atoms with van der Waals surface area (Å²) >= 11 is 0. The van der Waals surface area contributed by atoms with E-state index in [1.54, 1.807) is 7.05 Å². The van der Waals surface area contributed by atoms with E-state index in [1.807, 2.05) is 0 Å². The van der Waals surface area contributed by atoms with E-state index >= 15 is 0 Å². The molecule has 6 nitrogen and oxygen atoms in total. The second-order valence-electron chi connectivity index (χ2n) is 4.29. The molecule has 0 atom stereocenters. The van der Waals surface area contributed by atoms with Crippen LogP contribution in [0.3, 0.4) is 0 Å². The molecular weight excluding hydrogens is 367 g/mol. The molecule has 0 aromatic rings. The molecule has 8 heteroatoms. The molecule has 0 unspecified atom stereocenters. The number of aliphatic imine (C=N–C) groups is 1. The average molecular weight is 390 g/mol. The number of hydrogen-bond donors (Lipinski definition) is 3. The highest BCUT2D eigenvalue weighted by molar-refractivity contribution is 14.0. The summed E-state index contributed by atoms with van der Waals surface area (Å²) in [5.74, 6) is 0.743. The van der Waals surface area contributed by atoms with Crippen LogP contribution in [0.5, 0.6) is 0 Å². The van der Waals surface area contributed by atoms with E-state index in [0.29, 0.717) is 19.1 Å². The zero-order valence-corrected chi connectivity index (χ0v) is 14.0. The van der Waals surface area contributed by atoms with Crippen LogP contribution in [0.4, 0.5) is 0 Å². The van der Waals surface area contributed by atoms with E-state index in [0.717, 1.165) is 12.2 Å². The van der Waals surface area contributed by atoms with Crippen LogP contribution in [0.2, 0.25) is 0 Å². The Morgan fingerprint density at radius 3 is 2.39 bits per heavy atom. The summed E-state index contributed by atoms with van der Waals surface area (Å²) in [5.41, 5.74) is 0. The van der Waals surface area contributed by atoms with Crippen molar-refractivity contribution in [3.8, 4) is 0 Å². The number of nitrogens with zero attached hydrogens (tertiary/aromatic N) is 1. The first-order valence-corrected chi connectivity index (χ1v) is 7.82. The Labute approximate surface area is 126 Å². The van der Waals surface area contributed by atoms with Crippen LogP contribution in [0.25, 0.3) is 0 Å². The van der Waals surface area contributed by atoms with Crippen LogP contribution in [-0.2, 0) is 10.0 Å². The summed E-state index contributed by atoms with van der Waals surface area (Å²) in [4.78, 5) is 4.10. The van der Waals surface area contributed by atoms with Crippen LogP contribution >= 0.6 is 24.0 Å². The van der Waals surface area contributed by atoms with E-state index in [9.17, 15) is 8.42 Å². The summed E-state index contributed by atoms with van der Waals surface area (Å²) in [7, 11) is -1.38. The first kappa shape index (κ1) is 17.9. The minimum Gasteiger partial charge on any atom is -0.355 e. The van der Waals surface area contributed by atoms with E-state index in [1.165, 1.54) is 25.7 Å². The third kappa shape index (κ3) is 8.09. The van der Waals surface area contributed by atoms with Crippen molar-refractivity contribution >= 4 is 40.0 Å².